The van der Waals surface area contributed by atoms with E-state index in [2.05, 4.69) is 11.6 Å². The van der Waals surface area contributed by atoms with E-state index >= 15 is 0 Å². The minimum Gasteiger partial charge on any atom is -0.366 e. The van der Waals surface area contributed by atoms with Gasteiger partial charge in [0, 0.05) is 17.5 Å². The highest BCUT2D eigenvalue weighted by Gasteiger charge is 2.09. The Morgan fingerprint density at radius 1 is 1.82 bits per heavy atom. The van der Waals surface area contributed by atoms with Gasteiger partial charge in [0.25, 0.3) is 5.91 Å². The van der Waals surface area contributed by atoms with Gasteiger partial charge in [0.05, 0.1) is 5.56 Å². The van der Waals surface area contributed by atoms with E-state index in [0.29, 0.717) is 5.56 Å². The van der Waals surface area contributed by atoms with Crippen molar-refractivity contribution in [2.45, 2.75) is 6.92 Å². The van der Waals surface area contributed by atoms with Crippen LogP contribution < -0.4 is 5.73 Å². The monoisotopic (exact) mass is 150 g/mol. The molecule has 0 saturated heterocycles. The fraction of sp³-hybridized carbons (Fsp3) is 0.125. The topological polar surface area (TPSA) is 58.9 Å². The largest absolute Gasteiger partial charge is 0.366 e. The second-order valence-corrected chi connectivity index (χ2v) is 2.31. The number of nitrogens with one attached hydrogen (secondary N) is 1. The number of aromatic amines is 1. The van der Waals surface area contributed by atoms with Gasteiger partial charge in [-0.3, -0.25) is 4.79 Å². The van der Waals surface area contributed by atoms with Crippen LogP contribution in [0.5, 0.6) is 0 Å². The van der Waals surface area contributed by atoms with Crippen molar-refractivity contribution in [3.8, 4) is 0 Å². The first kappa shape index (κ1) is 7.60. The van der Waals surface area contributed by atoms with E-state index in [1.54, 1.807) is 19.2 Å². The molecule has 0 aromatic carbocycles. The van der Waals surface area contributed by atoms with E-state index in [-0.39, 0.29) is 0 Å². The summed E-state index contributed by atoms with van der Waals surface area (Å²) in [6, 6.07) is 0. The normalized spacial score (nSPS) is 9.55. The van der Waals surface area contributed by atoms with Crippen LogP contribution >= 0.6 is 0 Å². The van der Waals surface area contributed by atoms with Gasteiger partial charge in [0.15, 0.2) is 0 Å². The Kier molecular flexibility index (Phi) is 1.81. The Morgan fingerprint density at radius 3 is 2.82 bits per heavy atom. The van der Waals surface area contributed by atoms with Gasteiger partial charge >= 0.3 is 0 Å². The predicted molar refractivity (Wildman–Crippen MR) is 44.1 cm³/mol. The highest BCUT2D eigenvalue weighted by Crippen LogP contribution is 2.12. The van der Waals surface area contributed by atoms with Gasteiger partial charge in [-0.2, -0.15) is 0 Å². The SMILES string of the molecule is C=Cc1c[nH]c(C)c1C(N)=O. The summed E-state index contributed by atoms with van der Waals surface area (Å²) >= 11 is 0. The van der Waals surface area contributed by atoms with Crippen molar-refractivity contribution in [1.29, 1.82) is 0 Å². The molecule has 0 aliphatic carbocycles. The van der Waals surface area contributed by atoms with E-state index in [1.807, 2.05) is 0 Å². The highest BCUT2D eigenvalue weighted by molar-refractivity contribution is 5.97. The van der Waals surface area contributed by atoms with Crippen LogP contribution in [0.4, 0.5) is 0 Å². The highest BCUT2D eigenvalue weighted by atomic mass is 16.1. The summed E-state index contributed by atoms with van der Waals surface area (Å²) in [6.45, 7) is 5.36. The quantitative estimate of drug-likeness (QED) is 0.650. The first-order chi connectivity index (χ1) is 5.16. The molecule has 0 atom stereocenters. The fourth-order valence-electron chi connectivity index (χ4n) is 1.03. The molecule has 3 nitrogen and oxygen atoms in total. The zero-order valence-electron chi connectivity index (χ0n) is 6.35. The van der Waals surface area contributed by atoms with E-state index in [1.165, 1.54) is 0 Å². The molecule has 0 radical (unpaired) electrons. The van der Waals surface area contributed by atoms with Crippen LogP contribution in [-0.2, 0) is 0 Å². The number of H-pyrrole nitrogens is 1. The Hall–Kier alpha value is -1.51. The number of carbonyl (C=O) groups is 1. The summed E-state index contributed by atoms with van der Waals surface area (Å²) < 4.78 is 0. The van der Waals surface area contributed by atoms with Crippen molar-refractivity contribution in [2.75, 3.05) is 0 Å². The molecule has 0 saturated carbocycles. The minimum atomic E-state index is -0.418. The molecule has 0 unspecified atom stereocenters. The molecular formula is C8H10N2O. The number of aromatic nitrogens is 1. The lowest BCUT2D eigenvalue weighted by Gasteiger charge is -1.93. The van der Waals surface area contributed by atoms with Crippen molar-refractivity contribution in [3.63, 3.8) is 0 Å². The maximum Gasteiger partial charge on any atom is 0.251 e. The lowest BCUT2D eigenvalue weighted by molar-refractivity contribution is 0.1000. The Morgan fingerprint density at radius 2 is 2.45 bits per heavy atom. The van der Waals surface area contributed by atoms with E-state index < -0.39 is 5.91 Å². The van der Waals surface area contributed by atoms with E-state index in [0.717, 1.165) is 11.3 Å². The van der Waals surface area contributed by atoms with E-state index in [4.69, 9.17) is 5.73 Å². The van der Waals surface area contributed by atoms with Crippen molar-refractivity contribution in [3.05, 3.63) is 29.6 Å². The van der Waals surface area contributed by atoms with Crippen molar-refractivity contribution in [2.24, 2.45) is 5.73 Å². The zero-order chi connectivity index (χ0) is 8.43. The summed E-state index contributed by atoms with van der Waals surface area (Å²) in [4.78, 5) is 13.7. The first-order valence-corrected chi connectivity index (χ1v) is 3.27. The maximum atomic E-state index is 10.8. The first-order valence-electron chi connectivity index (χ1n) is 3.27. The van der Waals surface area contributed by atoms with Gasteiger partial charge in [-0.05, 0) is 6.92 Å². The second-order valence-electron chi connectivity index (χ2n) is 2.31. The molecule has 0 bridgehead atoms. The molecule has 0 aliphatic heterocycles. The average molecular weight is 150 g/mol. The summed E-state index contributed by atoms with van der Waals surface area (Å²) in [5, 5.41) is 0. The van der Waals surface area contributed by atoms with Gasteiger partial charge in [0.1, 0.15) is 0 Å². The molecule has 1 aromatic heterocycles. The third-order valence-corrected chi connectivity index (χ3v) is 1.57. The van der Waals surface area contributed by atoms with Crippen molar-refractivity contribution < 1.29 is 4.79 Å². The third-order valence-electron chi connectivity index (χ3n) is 1.57. The van der Waals surface area contributed by atoms with Crippen LogP contribution in [0.15, 0.2) is 12.8 Å². The molecule has 3 N–H and O–H groups in total. The fourth-order valence-corrected chi connectivity index (χ4v) is 1.03. The smallest absolute Gasteiger partial charge is 0.251 e. The van der Waals surface area contributed by atoms with Crippen molar-refractivity contribution >= 4 is 12.0 Å². The number of hydrogen-bond donors (Lipinski definition) is 2. The Labute approximate surface area is 64.9 Å². The standard InChI is InChI=1S/C8H10N2O/c1-3-6-4-10-5(2)7(6)8(9)11/h3-4,10H,1H2,2H3,(H2,9,11). The summed E-state index contributed by atoms with van der Waals surface area (Å²) in [5.74, 6) is -0.418. The number of amides is 1. The van der Waals surface area contributed by atoms with Gasteiger partial charge < -0.3 is 10.7 Å². The molecule has 11 heavy (non-hydrogen) atoms. The lowest BCUT2D eigenvalue weighted by atomic mass is 10.1. The minimum absolute atomic E-state index is 0.418. The van der Waals surface area contributed by atoms with Crippen LogP contribution in [0.2, 0.25) is 0 Å². The van der Waals surface area contributed by atoms with Gasteiger partial charge in [-0.1, -0.05) is 12.7 Å². The number of primary amides is 1. The van der Waals surface area contributed by atoms with Crippen LogP contribution in [0.3, 0.4) is 0 Å². The number of hydrogen-bond acceptors (Lipinski definition) is 1. The molecule has 58 valence electrons. The predicted octanol–water partition coefficient (Wildman–Crippen LogP) is 1.07. The Balaban J connectivity index is 3.28. The van der Waals surface area contributed by atoms with E-state index in [9.17, 15) is 4.79 Å². The second kappa shape index (κ2) is 2.62. The molecule has 1 heterocycles. The zero-order valence-corrected chi connectivity index (χ0v) is 6.35. The van der Waals surface area contributed by atoms with Crippen molar-refractivity contribution in [1.82, 2.24) is 4.98 Å². The molecule has 0 aliphatic rings. The molecule has 3 heteroatoms. The van der Waals surface area contributed by atoms with Crippen LogP contribution in [-0.4, -0.2) is 10.9 Å². The lowest BCUT2D eigenvalue weighted by Crippen LogP contribution is -2.12. The molecular weight excluding hydrogens is 140 g/mol. The average Bonchev–Trinajstić information content (AvgIpc) is 2.30. The third kappa shape index (κ3) is 1.17. The molecule has 0 spiro atoms. The molecule has 1 aromatic rings. The maximum absolute atomic E-state index is 10.8. The Bertz CT molecular complexity index is 299. The van der Waals surface area contributed by atoms with Crippen LogP contribution in [0.25, 0.3) is 6.08 Å². The number of rotatable bonds is 2. The summed E-state index contributed by atoms with van der Waals surface area (Å²) in [5.41, 5.74) is 7.20. The number of aryl methyl sites for hydroxylation is 1. The molecule has 1 rings (SSSR count). The summed E-state index contributed by atoms with van der Waals surface area (Å²) in [6.07, 6.45) is 3.31. The molecule has 0 fully saturated rings. The van der Waals surface area contributed by atoms with Gasteiger partial charge in [-0.25, -0.2) is 0 Å². The molecule has 1 amide bonds. The summed E-state index contributed by atoms with van der Waals surface area (Å²) in [7, 11) is 0. The van der Waals surface area contributed by atoms with Gasteiger partial charge in [-0.15, -0.1) is 0 Å². The van der Waals surface area contributed by atoms with Gasteiger partial charge in [0.2, 0.25) is 0 Å². The van der Waals surface area contributed by atoms with Crippen LogP contribution in [0.1, 0.15) is 21.6 Å². The van der Waals surface area contributed by atoms with Crippen LogP contribution in [0, 0.1) is 6.92 Å². The number of nitrogens with two attached hydrogens (primary N) is 1. The number of carbonyl (C=O) groups excluding carboxylic acids is 1.